The quantitative estimate of drug-likeness (QED) is 0.654. The minimum absolute atomic E-state index is 0.0135. The van der Waals surface area contributed by atoms with E-state index in [0.717, 1.165) is 12.8 Å². The van der Waals surface area contributed by atoms with E-state index in [9.17, 15) is 9.59 Å². The predicted molar refractivity (Wildman–Crippen MR) is 58.4 cm³/mol. The maximum Gasteiger partial charge on any atom is 0.150 e. The molecule has 2 rings (SSSR count). The molecule has 3 unspecified atom stereocenters. The van der Waals surface area contributed by atoms with Crippen LogP contribution in [0.25, 0.3) is 0 Å². The van der Waals surface area contributed by atoms with Gasteiger partial charge in [-0.05, 0) is 24.2 Å². The molecular weight excluding hydrogens is 188 g/mol. The van der Waals surface area contributed by atoms with Gasteiger partial charge in [0.1, 0.15) is 11.6 Å². The monoisotopic (exact) mass is 208 g/mol. The van der Waals surface area contributed by atoms with E-state index in [0.29, 0.717) is 12.3 Å². The van der Waals surface area contributed by atoms with Crippen molar-refractivity contribution in [3.8, 4) is 0 Å². The molecule has 2 aliphatic carbocycles. The molecule has 0 spiro atoms. The molecule has 0 aromatic heterocycles. The summed E-state index contributed by atoms with van der Waals surface area (Å²) in [5.74, 6) is 0.378. The van der Waals surface area contributed by atoms with E-state index in [-0.39, 0.29) is 28.3 Å². The molecule has 0 amide bonds. The first-order valence-electron chi connectivity index (χ1n) is 5.93. The standard InChI is InChI=1S/C13H20O2/c1-5-9(14)10-8-6-7-13(4,11(10)15)12(8,2)3/h8,10H,5-7H2,1-4H3. The van der Waals surface area contributed by atoms with Crippen LogP contribution in [0.2, 0.25) is 0 Å². The van der Waals surface area contributed by atoms with E-state index in [1.807, 2.05) is 6.92 Å². The molecule has 0 aromatic rings. The fourth-order valence-electron chi connectivity index (χ4n) is 3.68. The third kappa shape index (κ3) is 1.05. The van der Waals surface area contributed by atoms with Gasteiger partial charge in [0.25, 0.3) is 0 Å². The molecule has 15 heavy (non-hydrogen) atoms. The van der Waals surface area contributed by atoms with Crippen molar-refractivity contribution in [1.29, 1.82) is 0 Å². The second-order valence-corrected chi connectivity index (χ2v) is 5.86. The molecular formula is C13H20O2. The number of hydrogen-bond donors (Lipinski definition) is 0. The average molecular weight is 208 g/mol. The topological polar surface area (TPSA) is 34.1 Å². The highest BCUT2D eigenvalue weighted by Crippen LogP contribution is 2.65. The van der Waals surface area contributed by atoms with Crippen molar-refractivity contribution in [2.24, 2.45) is 22.7 Å². The molecule has 2 heteroatoms. The molecule has 0 N–H and O–H groups in total. The molecule has 0 aliphatic heterocycles. The Morgan fingerprint density at radius 2 is 2.00 bits per heavy atom. The van der Waals surface area contributed by atoms with Crippen molar-refractivity contribution in [3.63, 3.8) is 0 Å². The van der Waals surface area contributed by atoms with Crippen LogP contribution < -0.4 is 0 Å². The van der Waals surface area contributed by atoms with Crippen LogP contribution in [0.4, 0.5) is 0 Å². The zero-order chi connectivity index (χ0) is 11.4. The van der Waals surface area contributed by atoms with Crippen LogP contribution >= 0.6 is 0 Å². The van der Waals surface area contributed by atoms with Gasteiger partial charge < -0.3 is 0 Å². The number of carbonyl (C=O) groups is 2. The lowest BCUT2D eigenvalue weighted by molar-refractivity contribution is -0.137. The van der Waals surface area contributed by atoms with Crippen molar-refractivity contribution in [2.45, 2.75) is 47.0 Å². The minimum Gasteiger partial charge on any atom is -0.299 e. The molecule has 2 nitrogen and oxygen atoms in total. The smallest absolute Gasteiger partial charge is 0.150 e. The number of hydrogen-bond acceptors (Lipinski definition) is 2. The van der Waals surface area contributed by atoms with E-state index in [1.54, 1.807) is 0 Å². The first-order valence-corrected chi connectivity index (χ1v) is 5.93. The highest BCUT2D eigenvalue weighted by molar-refractivity contribution is 6.08. The lowest BCUT2D eigenvalue weighted by Crippen LogP contribution is -2.35. The Morgan fingerprint density at radius 1 is 1.40 bits per heavy atom. The van der Waals surface area contributed by atoms with Crippen molar-refractivity contribution >= 4 is 11.6 Å². The third-order valence-electron chi connectivity index (χ3n) is 5.23. The lowest BCUT2D eigenvalue weighted by Gasteiger charge is -2.32. The summed E-state index contributed by atoms with van der Waals surface area (Å²) in [4.78, 5) is 24.1. The van der Waals surface area contributed by atoms with Crippen molar-refractivity contribution in [1.82, 2.24) is 0 Å². The van der Waals surface area contributed by atoms with Crippen LogP contribution in [-0.4, -0.2) is 11.6 Å². The van der Waals surface area contributed by atoms with Gasteiger partial charge in [-0.1, -0.05) is 27.7 Å². The van der Waals surface area contributed by atoms with E-state index in [4.69, 9.17) is 0 Å². The van der Waals surface area contributed by atoms with Crippen LogP contribution in [0.5, 0.6) is 0 Å². The van der Waals surface area contributed by atoms with E-state index in [2.05, 4.69) is 20.8 Å². The second kappa shape index (κ2) is 2.93. The third-order valence-corrected chi connectivity index (χ3v) is 5.23. The number of ketones is 2. The Kier molecular flexibility index (Phi) is 2.12. The minimum atomic E-state index is -0.288. The summed E-state index contributed by atoms with van der Waals surface area (Å²) in [5, 5.41) is 0. The number of fused-ring (bicyclic) bond motifs is 2. The maximum absolute atomic E-state index is 12.3. The van der Waals surface area contributed by atoms with Crippen LogP contribution in [0, 0.1) is 22.7 Å². The SMILES string of the molecule is CCC(=O)C1C(=O)C2(C)CCC1C2(C)C. The normalized spacial score (nSPS) is 42.3. The molecule has 2 bridgehead atoms. The van der Waals surface area contributed by atoms with E-state index >= 15 is 0 Å². The molecule has 0 aromatic carbocycles. The van der Waals surface area contributed by atoms with Crippen molar-refractivity contribution in [3.05, 3.63) is 0 Å². The van der Waals surface area contributed by atoms with Gasteiger partial charge in [-0.15, -0.1) is 0 Å². The highest BCUT2D eigenvalue weighted by Gasteiger charge is 2.67. The van der Waals surface area contributed by atoms with Crippen molar-refractivity contribution in [2.75, 3.05) is 0 Å². The van der Waals surface area contributed by atoms with Crippen LogP contribution in [0.1, 0.15) is 47.0 Å². The summed E-state index contributed by atoms with van der Waals surface area (Å²) in [6.07, 6.45) is 2.52. The summed E-state index contributed by atoms with van der Waals surface area (Å²) in [7, 11) is 0. The van der Waals surface area contributed by atoms with Crippen LogP contribution in [0.3, 0.4) is 0 Å². The Balaban J connectivity index is 2.42. The molecule has 0 saturated heterocycles. The fourth-order valence-corrected chi connectivity index (χ4v) is 3.68. The van der Waals surface area contributed by atoms with Crippen molar-refractivity contribution < 1.29 is 9.59 Å². The van der Waals surface area contributed by atoms with Gasteiger partial charge in [0.05, 0.1) is 5.92 Å². The molecule has 0 heterocycles. The fraction of sp³-hybridized carbons (Fsp3) is 0.846. The summed E-state index contributed by atoms with van der Waals surface area (Å²) in [5.41, 5.74) is -0.229. The Bertz CT molecular complexity index is 329. The van der Waals surface area contributed by atoms with Gasteiger partial charge in [-0.25, -0.2) is 0 Å². The zero-order valence-electron chi connectivity index (χ0n) is 10.1. The summed E-state index contributed by atoms with van der Waals surface area (Å²) in [6.45, 7) is 8.23. The van der Waals surface area contributed by atoms with Gasteiger partial charge in [0.2, 0.25) is 0 Å². The number of Topliss-reactive ketones (excluding diaryl/α,β-unsaturated/α-hetero) is 2. The van der Waals surface area contributed by atoms with Gasteiger partial charge in [-0.2, -0.15) is 0 Å². The summed E-state index contributed by atoms with van der Waals surface area (Å²) < 4.78 is 0. The molecule has 84 valence electrons. The van der Waals surface area contributed by atoms with Crippen LogP contribution in [-0.2, 0) is 9.59 Å². The zero-order valence-corrected chi connectivity index (χ0v) is 10.1. The van der Waals surface area contributed by atoms with Gasteiger partial charge in [0.15, 0.2) is 0 Å². The summed E-state index contributed by atoms with van der Waals surface area (Å²) >= 11 is 0. The predicted octanol–water partition coefficient (Wildman–Crippen LogP) is 2.61. The molecule has 2 saturated carbocycles. The molecule has 3 atom stereocenters. The number of carbonyl (C=O) groups excluding carboxylic acids is 2. The van der Waals surface area contributed by atoms with Gasteiger partial charge in [-0.3, -0.25) is 9.59 Å². The summed E-state index contributed by atoms with van der Waals surface area (Å²) in [6, 6.07) is 0. The lowest BCUT2D eigenvalue weighted by atomic mass is 9.70. The Morgan fingerprint density at radius 3 is 2.40 bits per heavy atom. The largest absolute Gasteiger partial charge is 0.299 e. The molecule has 2 aliphatic rings. The Labute approximate surface area is 91.4 Å². The van der Waals surface area contributed by atoms with E-state index in [1.165, 1.54) is 0 Å². The molecule has 2 fully saturated rings. The second-order valence-electron chi connectivity index (χ2n) is 5.86. The van der Waals surface area contributed by atoms with Crippen LogP contribution in [0.15, 0.2) is 0 Å². The van der Waals surface area contributed by atoms with Gasteiger partial charge >= 0.3 is 0 Å². The number of rotatable bonds is 2. The molecule has 0 radical (unpaired) electrons. The first kappa shape index (κ1) is 10.8. The maximum atomic E-state index is 12.3. The highest BCUT2D eigenvalue weighted by atomic mass is 16.2. The average Bonchev–Trinajstić information content (AvgIpc) is 2.48. The first-order chi connectivity index (χ1) is 6.86. The Hall–Kier alpha value is -0.660. The van der Waals surface area contributed by atoms with E-state index < -0.39 is 0 Å². The van der Waals surface area contributed by atoms with Gasteiger partial charge in [0, 0.05) is 11.8 Å².